The Morgan fingerprint density at radius 3 is 2.78 bits per heavy atom. The van der Waals surface area contributed by atoms with E-state index in [1.165, 1.54) is 19.3 Å². The summed E-state index contributed by atoms with van der Waals surface area (Å²) in [5, 5.41) is 4.05. The molecule has 1 aromatic rings. The van der Waals surface area contributed by atoms with Gasteiger partial charge in [0.05, 0.1) is 11.6 Å². The molecule has 0 heterocycles. The van der Waals surface area contributed by atoms with Crippen molar-refractivity contribution in [3.05, 3.63) is 27.7 Å². The maximum absolute atomic E-state index is 6.06. The highest BCUT2D eigenvalue weighted by Crippen LogP contribution is 2.27. The fourth-order valence-electron chi connectivity index (χ4n) is 1.61. The van der Waals surface area contributed by atoms with Crippen LogP contribution in [0.4, 0.5) is 0 Å². The van der Waals surface area contributed by atoms with Gasteiger partial charge in [0.15, 0.2) is 0 Å². The molecule has 0 saturated carbocycles. The average Bonchev–Trinajstić information content (AvgIpc) is 2.35. The third kappa shape index (κ3) is 6.62. The monoisotopic (exact) mass is 333 g/mol. The second kappa shape index (κ2) is 9.65. The molecule has 0 atom stereocenters. The third-order valence-corrected chi connectivity index (χ3v) is 3.36. The molecule has 0 fully saturated rings. The number of halogens is 2. The molecule has 18 heavy (non-hydrogen) atoms. The molecule has 0 aliphatic rings. The topological polar surface area (TPSA) is 21.3 Å². The number of hydrogen-bond donors (Lipinski definition) is 1. The SMILES string of the molecule is CCCNCCCCCOc1ccc(Br)cc1Cl. The van der Waals surface area contributed by atoms with Crippen molar-refractivity contribution in [2.24, 2.45) is 0 Å². The summed E-state index contributed by atoms with van der Waals surface area (Å²) in [6, 6.07) is 5.69. The van der Waals surface area contributed by atoms with E-state index in [1.54, 1.807) is 0 Å². The summed E-state index contributed by atoms with van der Waals surface area (Å²) in [5.41, 5.74) is 0. The van der Waals surface area contributed by atoms with Gasteiger partial charge in [-0.15, -0.1) is 0 Å². The lowest BCUT2D eigenvalue weighted by molar-refractivity contribution is 0.305. The van der Waals surface area contributed by atoms with E-state index in [2.05, 4.69) is 28.2 Å². The van der Waals surface area contributed by atoms with Gasteiger partial charge in [0.1, 0.15) is 5.75 Å². The van der Waals surface area contributed by atoms with Crippen LogP contribution in [0.25, 0.3) is 0 Å². The molecular formula is C14H21BrClNO. The van der Waals surface area contributed by atoms with Crippen LogP contribution in [0.3, 0.4) is 0 Å². The van der Waals surface area contributed by atoms with Crippen LogP contribution in [-0.2, 0) is 0 Å². The van der Waals surface area contributed by atoms with Gasteiger partial charge < -0.3 is 10.1 Å². The van der Waals surface area contributed by atoms with Gasteiger partial charge in [0.25, 0.3) is 0 Å². The summed E-state index contributed by atoms with van der Waals surface area (Å²) < 4.78 is 6.62. The Morgan fingerprint density at radius 2 is 2.06 bits per heavy atom. The summed E-state index contributed by atoms with van der Waals surface area (Å²) in [4.78, 5) is 0. The van der Waals surface area contributed by atoms with Crippen molar-refractivity contribution in [3.63, 3.8) is 0 Å². The summed E-state index contributed by atoms with van der Waals surface area (Å²) in [5.74, 6) is 0.768. The molecule has 102 valence electrons. The van der Waals surface area contributed by atoms with Crippen LogP contribution in [0.15, 0.2) is 22.7 Å². The molecule has 0 radical (unpaired) electrons. The van der Waals surface area contributed by atoms with Crippen LogP contribution < -0.4 is 10.1 Å². The quantitative estimate of drug-likeness (QED) is 0.664. The fourth-order valence-corrected chi connectivity index (χ4v) is 2.33. The zero-order chi connectivity index (χ0) is 13.2. The van der Waals surface area contributed by atoms with E-state index < -0.39 is 0 Å². The van der Waals surface area contributed by atoms with Crippen LogP contribution >= 0.6 is 27.5 Å². The molecule has 2 nitrogen and oxygen atoms in total. The van der Waals surface area contributed by atoms with Crippen molar-refractivity contribution < 1.29 is 4.74 Å². The van der Waals surface area contributed by atoms with E-state index >= 15 is 0 Å². The molecule has 1 N–H and O–H groups in total. The molecule has 0 bridgehead atoms. The minimum absolute atomic E-state index is 0.661. The van der Waals surface area contributed by atoms with Crippen LogP contribution in [0.5, 0.6) is 5.75 Å². The molecule has 1 rings (SSSR count). The smallest absolute Gasteiger partial charge is 0.137 e. The van der Waals surface area contributed by atoms with Gasteiger partial charge in [-0.25, -0.2) is 0 Å². The lowest BCUT2D eigenvalue weighted by atomic mass is 10.2. The number of unbranched alkanes of at least 4 members (excludes halogenated alkanes) is 2. The molecule has 0 unspecified atom stereocenters. The summed E-state index contributed by atoms with van der Waals surface area (Å²) >= 11 is 9.43. The molecular weight excluding hydrogens is 314 g/mol. The maximum atomic E-state index is 6.06. The number of hydrogen-bond acceptors (Lipinski definition) is 2. The molecule has 0 aliphatic carbocycles. The first-order chi connectivity index (χ1) is 8.74. The highest BCUT2D eigenvalue weighted by atomic mass is 79.9. The van der Waals surface area contributed by atoms with Crippen molar-refractivity contribution in [1.82, 2.24) is 5.32 Å². The lowest BCUT2D eigenvalue weighted by Gasteiger charge is -2.08. The maximum Gasteiger partial charge on any atom is 0.137 e. The first kappa shape index (κ1) is 15.8. The zero-order valence-electron chi connectivity index (χ0n) is 10.8. The van der Waals surface area contributed by atoms with E-state index in [0.717, 1.165) is 36.3 Å². The Kier molecular flexibility index (Phi) is 8.47. The van der Waals surface area contributed by atoms with Gasteiger partial charge >= 0.3 is 0 Å². The highest BCUT2D eigenvalue weighted by molar-refractivity contribution is 9.10. The van der Waals surface area contributed by atoms with Crippen LogP contribution in [0, 0.1) is 0 Å². The second-order valence-corrected chi connectivity index (χ2v) is 5.56. The molecule has 0 amide bonds. The normalized spacial score (nSPS) is 10.6. The van der Waals surface area contributed by atoms with E-state index in [-0.39, 0.29) is 0 Å². The summed E-state index contributed by atoms with van der Waals surface area (Å²) in [7, 11) is 0. The largest absolute Gasteiger partial charge is 0.492 e. The lowest BCUT2D eigenvalue weighted by Crippen LogP contribution is -2.15. The highest BCUT2D eigenvalue weighted by Gasteiger charge is 2.01. The van der Waals surface area contributed by atoms with Gasteiger partial charge in [0, 0.05) is 4.47 Å². The first-order valence-electron chi connectivity index (χ1n) is 6.52. The van der Waals surface area contributed by atoms with Crippen molar-refractivity contribution in [2.45, 2.75) is 32.6 Å². The third-order valence-electron chi connectivity index (χ3n) is 2.58. The number of benzene rings is 1. The van der Waals surface area contributed by atoms with Crippen LogP contribution in [-0.4, -0.2) is 19.7 Å². The van der Waals surface area contributed by atoms with Crippen molar-refractivity contribution in [3.8, 4) is 5.75 Å². The molecule has 0 spiro atoms. The standard InChI is InChI=1S/C14H21BrClNO/c1-2-8-17-9-4-3-5-10-18-14-7-6-12(15)11-13(14)16/h6-7,11,17H,2-5,8-10H2,1H3. The second-order valence-electron chi connectivity index (χ2n) is 4.23. The minimum Gasteiger partial charge on any atom is -0.492 e. The Labute approximate surface area is 123 Å². The predicted octanol–water partition coefficient (Wildman–Crippen LogP) is 4.65. The number of nitrogens with one attached hydrogen (secondary N) is 1. The van der Waals surface area contributed by atoms with Crippen LogP contribution in [0.2, 0.25) is 5.02 Å². The van der Waals surface area contributed by atoms with Crippen molar-refractivity contribution >= 4 is 27.5 Å². The van der Waals surface area contributed by atoms with E-state index in [4.69, 9.17) is 16.3 Å². The van der Waals surface area contributed by atoms with E-state index in [0.29, 0.717) is 5.02 Å². The van der Waals surface area contributed by atoms with Crippen molar-refractivity contribution in [1.29, 1.82) is 0 Å². The minimum atomic E-state index is 0.661. The van der Waals surface area contributed by atoms with Crippen LogP contribution in [0.1, 0.15) is 32.6 Å². The molecule has 1 aromatic carbocycles. The first-order valence-corrected chi connectivity index (χ1v) is 7.69. The van der Waals surface area contributed by atoms with Gasteiger partial charge in [0.2, 0.25) is 0 Å². The van der Waals surface area contributed by atoms with Gasteiger partial charge in [-0.05, 0) is 57.0 Å². The summed E-state index contributed by atoms with van der Waals surface area (Å²) in [6.45, 7) is 5.13. The number of ether oxygens (including phenoxy) is 1. The summed E-state index contributed by atoms with van der Waals surface area (Å²) in [6.07, 6.45) is 4.66. The average molecular weight is 335 g/mol. The molecule has 0 saturated heterocycles. The molecule has 0 aliphatic heterocycles. The van der Waals surface area contributed by atoms with E-state index in [1.807, 2.05) is 18.2 Å². The molecule has 0 aromatic heterocycles. The fraction of sp³-hybridized carbons (Fsp3) is 0.571. The van der Waals surface area contributed by atoms with Gasteiger partial charge in [-0.3, -0.25) is 0 Å². The Morgan fingerprint density at radius 1 is 1.22 bits per heavy atom. The zero-order valence-corrected chi connectivity index (χ0v) is 13.2. The van der Waals surface area contributed by atoms with Gasteiger partial charge in [-0.2, -0.15) is 0 Å². The van der Waals surface area contributed by atoms with Gasteiger partial charge in [-0.1, -0.05) is 34.5 Å². The van der Waals surface area contributed by atoms with Crippen molar-refractivity contribution in [2.75, 3.05) is 19.7 Å². The predicted molar refractivity (Wildman–Crippen MR) is 81.7 cm³/mol. The Bertz CT molecular complexity index is 347. The Hall–Kier alpha value is -0.250. The van der Waals surface area contributed by atoms with E-state index in [9.17, 15) is 0 Å². The Balaban J connectivity index is 2.07. The molecule has 4 heteroatoms. The number of rotatable bonds is 9.